The highest BCUT2D eigenvalue weighted by molar-refractivity contribution is 7.99. The topological polar surface area (TPSA) is 91.2 Å². The number of nitrogens with zero attached hydrogens (tertiary/aromatic N) is 4. The van der Waals surface area contributed by atoms with Gasteiger partial charge in [-0.05, 0) is 31.2 Å². The van der Waals surface area contributed by atoms with Gasteiger partial charge in [-0.25, -0.2) is 9.37 Å². The van der Waals surface area contributed by atoms with E-state index in [4.69, 9.17) is 21.1 Å². The van der Waals surface area contributed by atoms with E-state index in [9.17, 15) is 9.18 Å². The second kappa shape index (κ2) is 11.1. The molecule has 0 aliphatic carbocycles. The monoisotopic (exact) mass is 465 g/mol. The summed E-state index contributed by atoms with van der Waals surface area (Å²) in [5.41, 5.74) is 0.433. The van der Waals surface area contributed by atoms with E-state index in [-0.39, 0.29) is 35.2 Å². The van der Waals surface area contributed by atoms with Gasteiger partial charge in [0.25, 0.3) is 0 Å². The minimum absolute atomic E-state index is 0.0139. The molecule has 0 spiro atoms. The summed E-state index contributed by atoms with van der Waals surface area (Å²) in [6.07, 6.45) is 1.54. The number of pyridine rings is 1. The predicted molar refractivity (Wildman–Crippen MR) is 116 cm³/mol. The smallest absolute Gasteiger partial charge is 0.234 e. The zero-order valence-electron chi connectivity index (χ0n) is 16.9. The van der Waals surface area contributed by atoms with Gasteiger partial charge in [-0.2, -0.15) is 0 Å². The zero-order valence-corrected chi connectivity index (χ0v) is 18.5. The molecule has 3 rings (SSSR count). The van der Waals surface area contributed by atoms with E-state index in [2.05, 4.69) is 20.5 Å². The summed E-state index contributed by atoms with van der Waals surface area (Å²) in [5, 5.41) is 11.8. The molecule has 0 saturated carbocycles. The van der Waals surface area contributed by atoms with Crippen LogP contribution in [0.3, 0.4) is 0 Å². The van der Waals surface area contributed by atoms with E-state index in [0.29, 0.717) is 23.3 Å². The third-order valence-electron chi connectivity index (χ3n) is 4.14. The van der Waals surface area contributed by atoms with Gasteiger partial charge in [-0.3, -0.25) is 9.36 Å². The van der Waals surface area contributed by atoms with Crippen molar-refractivity contribution >= 4 is 35.0 Å². The minimum atomic E-state index is -0.459. The maximum atomic E-state index is 13.8. The molecule has 164 valence electrons. The number of anilines is 1. The largest absolute Gasteiger partial charge is 0.483 e. The van der Waals surface area contributed by atoms with Crippen molar-refractivity contribution in [3.8, 4) is 5.75 Å². The van der Waals surface area contributed by atoms with Crippen LogP contribution in [0.5, 0.6) is 5.75 Å². The lowest BCUT2D eigenvalue weighted by Crippen LogP contribution is -2.18. The van der Waals surface area contributed by atoms with Crippen molar-refractivity contribution in [3.63, 3.8) is 0 Å². The molecule has 1 amide bonds. The Kier molecular flexibility index (Phi) is 8.21. The Balaban J connectivity index is 1.70. The van der Waals surface area contributed by atoms with Crippen LogP contribution in [-0.4, -0.2) is 45.1 Å². The lowest BCUT2D eigenvalue weighted by Gasteiger charge is -2.17. The number of carbonyl (C=O) groups excluding carboxylic acids is 1. The number of hydrogen-bond acceptors (Lipinski definition) is 7. The van der Waals surface area contributed by atoms with Crippen LogP contribution < -0.4 is 10.1 Å². The maximum absolute atomic E-state index is 13.8. The molecule has 0 unspecified atom stereocenters. The van der Waals surface area contributed by atoms with Crippen molar-refractivity contribution < 1.29 is 18.7 Å². The van der Waals surface area contributed by atoms with Crippen LogP contribution in [0.1, 0.15) is 18.8 Å². The first-order valence-electron chi connectivity index (χ1n) is 9.32. The van der Waals surface area contributed by atoms with Gasteiger partial charge in [-0.15, -0.1) is 10.2 Å². The first-order chi connectivity index (χ1) is 15.0. The molecule has 0 bridgehead atoms. The van der Waals surface area contributed by atoms with Crippen molar-refractivity contribution in [2.45, 2.75) is 24.7 Å². The number of nitrogens with one attached hydrogen (secondary N) is 1. The van der Waals surface area contributed by atoms with Crippen LogP contribution in [0, 0.1) is 5.82 Å². The van der Waals surface area contributed by atoms with Crippen LogP contribution in [0.2, 0.25) is 5.15 Å². The molecule has 1 atom stereocenters. The molecule has 2 heterocycles. The number of amides is 1. The van der Waals surface area contributed by atoms with E-state index in [1.807, 2.05) is 11.5 Å². The third-order valence-corrected chi connectivity index (χ3v) is 5.39. The highest BCUT2D eigenvalue weighted by Gasteiger charge is 2.20. The number of methoxy groups -OCH3 is 1. The number of halogens is 2. The molecular formula is C20H21ClFN5O3S. The second-order valence-corrected chi connectivity index (χ2v) is 7.77. The average Bonchev–Trinajstić information content (AvgIpc) is 3.16. The average molecular weight is 466 g/mol. The van der Waals surface area contributed by atoms with E-state index in [1.54, 1.807) is 31.4 Å². The number of ether oxygens (including phenoxy) is 2. The molecule has 2 aromatic heterocycles. The van der Waals surface area contributed by atoms with E-state index < -0.39 is 5.82 Å². The Labute approximate surface area is 188 Å². The van der Waals surface area contributed by atoms with Crippen molar-refractivity contribution in [3.05, 3.63) is 59.4 Å². The fraction of sp³-hybridized carbons (Fsp3) is 0.300. The zero-order chi connectivity index (χ0) is 22.2. The fourth-order valence-electron chi connectivity index (χ4n) is 2.76. The Bertz CT molecular complexity index is 1040. The standard InChI is InChI=1S/C20H21ClFN5O3S/c1-13(10-29-2)27-17(11-30-16-8-4-3-6-14(16)22)25-26-20(27)31-12-18(28)24-15-7-5-9-23-19(15)21/h3-9,13H,10-12H2,1-2H3,(H,24,28)/t13-/m0/s1. The Morgan fingerprint density at radius 2 is 2.10 bits per heavy atom. The number of hydrogen-bond donors (Lipinski definition) is 1. The number of para-hydroxylation sites is 1. The number of thioether (sulfide) groups is 1. The van der Waals surface area contributed by atoms with Crippen molar-refractivity contribution in [1.29, 1.82) is 0 Å². The third kappa shape index (κ3) is 6.16. The van der Waals surface area contributed by atoms with Crippen molar-refractivity contribution in [2.75, 3.05) is 24.8 Å². The summed E-state index contributed by atoms with van der Waals surface area (Å²) in [5.74, 6) is -0.0294. The summed E-state index contributed by atoms with van der Waals surface area (Å²) < 4.78 is 26.5. The number of aromatic nitrogens is 4. The minimum Gasteiger partial charge on any atom is -0.483 e. The van der Waals surface area contributed by atoms with Gasteiger partial charge in [-0.1, -0.05) is 35.5 Å². The molecule has 0 aliphatic rings. The lowest BCUT2D eigenvalue weighted by molar-refractivity contribution is -0.113. The van der Waals surface area contributed by atoms with Crippen LogP contribution in [0.15, 0.2) is 47.8 Å². The van der Waals surface area contributed by atoms with Gasteiger partial charge in [0, 0.05) is 13.3 Å². The molecule has 11 heteroatoms. The van der Waals surface area contributed by atoms with E-state index in [1.165, 1.54) is 30.1 Å². The Hall–Kier alpha value is -2.69. The highest BCUT2D eigenvalue weighted by atomic mass is 35.5. The van der Waals surface area contributed by atoms with E-state index >= 15 is 0 Å². The number of rotatable bonds is 10. The molecule has 1 aromatic carbocycles. The maximum Gasteiger partial charge on any atom is 0.234 e. The molecule has 0 saturated heterocycles. The normalized spacial score (nSPS) is 11.9. The van der Waals surface area contributed by atoms with Crippen molar-refractivity contribution in [1.82, 2.24) is 19.7 Å². The van der Waals surface area contributed by atoms with Gasteiger partial charge in [0.2, 0.25) is 5.91 Å². The van der Waals surface area contributed by atoms with Gasteiger partial charge in [0.15, 0.2) is 27.7 Å². The van der Waals surface area contributed by atoms with E-state index in [0.717, 1.165) is 0 Å². The van der Waals surface area contributed by atoms with Crippen LogP contribution >= 0.6 is 23.4 Å². The molecule has 8 nitrogen and oxygen atoms in total. The summed E-state index contributed by atoms with van der Waals surface area (Å²) in [7, 11) is 1.59. The molecule has 0 fully saturated rings. The van der Waals surface area contributed by atoms with Crippen LogP contribution in [0.4, 0.5) is 10.1 Å². The first-order valence-corrected chi connectivity index (χ1v) is 10.7. The molecular weight excluding hydrogens is 445 g/mol. The summed E-state index contributed by atoms with van der Waals surface area (Å²) >= 11 is 7.18. The molecule has 1 N–H and O–H groups in total. The van der Waals surface area contributed by atoms with Gasteiger partial charge in [0.05, 0.1) is 24.1 Å². The first kappa shape index (κ1) is 23.0. The number of carbonyl (C=O) groups is 1. The SMILES string of the molecule is COC[C@H](C)n1c(COc2ccccc2F)nnc1SCC(=O)Nc1cccnc1Cl. The van der Waals surface area contributed by atoms with Gasteiger partial charge in [0.1, 0.15) is 6.61 Å². The quantitative estimate of drug-likeness (QED) is 0.357. The fourth-order valence-corrected chi connectivity index (χ4v) is 3.78. The summed E-state index contributed by atoms with van der Waals surface area (Å²) in [6, 6.07) is 9.35. The second-order valence-electron chi connectivity index (χ2n) is 6.47. The predicted octanol–water partition coefficient (Wildman–Crippen LogP) is 3.98. The summed E-state index contributed by atoms with van der Waals surface area (Å²) in [4.78, 5) is 16.3. The van der Waals surface area contributed by atoms with Gasteiger partial charge < -0.3 is 14.8 Å². The number of benzene rings is 1. The molecule has 0 aliphatic heterocycles. The van der Waals surface area contributed by atoms with Crippen molar-refractivity contribution in [2.24, 2.45) is 0 Å². The van der Waals surface area contributed by atoms with Gasteiger partial charge >= 0.3 is 0 Å². The van der Waals surface area contributed by atoms with Crippen LogP contribution in [0.25, 0.3) is 0 Å². The Morgan fingerprint density at radius 1 is 1.29 bits per heavy atom. The highest BCUT2D eigenvalue weighted by Crippen LogP contribution is 2.25. The summed E-state index contributed by atoms with van der Waals surface area (Å²) in [6.45, 7) is 2.34. The molecule has 31 heavy (non-hydrogen) atoms. The van der Waals surface area contributed by atoms with Crippen LogP contribution in [-0.2, 0) is 16.1 Å². The Morgan fingerprint density at radius 3 is 2.84 bits per heavy atom. The lowest BCUT2D eigenvalue weighted by atomic mass is 10.3. The molecule has 0 radical (unpaired) electrons. The molecule has 3 aromatic rings.